The molecule has 2 aromatic rings. The number of aromatic nitrogens is 3. The smallest absolute Gasteiger partial charge is 0.294 e. The van der Waals surface area contributed by atoms with Crippen LogP contribution in [-0.2, 0) is 6.54 Å². The van der Waals surface area contributed by atoms with Gasteiger partial charge in [-0.15, -0.1) is 0 Å². The monoisotopic (exact) mass is 315 g/mol. The highest BCUT2D eigenvalue weighted by Gasteiger charge is 2.25. The molecule has 0 unspecified atom stereocenters. The van der Waals surface area contributed by atoms with Gasteiger partial charge in [0.2, 0.25) is 5.76 Å². The van der Waals surface area contributed by atoms with E-state index < -0.39 is 0 Å². The van der Waals surface area contributed by atoms with Crippen molar-refractivity contribution in [2.45, 2.75) is 38.1 Å². The molecular weight excluding hydrogens is 294 g/mol. The highest BCUT2D eigenvalue weighted by molar-refractivity contribution is 6.01. The maximum Gasteiger partial charge on any atom is 0.294 e. The molecule has 2 aliphatic rings. The number of oxazole rings is 1. The third-order valence-corrected chi connectivity index (χ3v) is 4.52. The quantitative estimate of drug-likeness (QED) is 0.881. The van der Waals surface area contributed by atoms with Crippen molar-refractivity contribution in [1.82, 2.24) is 20.1 Å². The number of hydrogen-bond donors (Lipinski definition) is 2. The van der Waals surface area contributed by atoms with E-state index in [1.807, 2.05) is 10.7 Å². The van der Waals surface area contributed by atoms with Gasteiger partial charge in [0, 0.05) is 18.5 Å². The summed E-state index contributed by atoms with van der Waals surface area (Å²) in [5.74, 6) is 2.37. The molecule has 23 heavy (non-hydrogen) atoms. The van der Waals surface area contributed by atoms with Crippen LogP contribution in [0.25, 0.3) is 0 Å². The molecule has 0 spiro atoms. The Balaban J connectivity index is 1.42. The predicted molar refractivity (Wildman–Crippen MR) is 84.3 cm³/mol. The summed E-state index contributed by atoms with van der Waals surface area (Å²) >= 11 is 0. The Hall–Kier alpha value is -2.15. The van der Waals surface area contributed by atoms with E-state index in [0.29, 0.717) is 23.5 Å². The van der Waals surface area contributed by atoms with Crippen LogP contribution in [0.15, 0.2) is 22.9 Å². The van der Waals surface area contributed by atoms with E-state index in [1.54, 1.807) is 6.20 Å². The lowest BCUT2D eigenvalue weighted by Crippen LogP contribution is -2.26. The Morgan fingerprint density at radius 3 is 2.96 bits per heavy atom. The molecule has 0 bridgehead atoms. The summed E-state index contributed by atoms with van der Waals surface area (Å²) in [6, 6.07) is 1.81. The average molecular weight is 315 g/mol. The summed E-state index contributed by atoms with van der Waals surface area (Å²) in [7, 11) is 0. The van der Waals surface area contributed by atoms with Crippen LogP contribution in [0.1, 0.15) is 48.0 Å². The Labute approximate surface area is 134 Å². The van der Waals surface area contributed by atoms with Crippen molar-refractivity contribution in [2.75, 3.05) is 18.4 Å². The number of hydrogen-bond acceptors (Lipinski definition) is 5. The zero-order valence-electron chi connectivity index (χ0n) is 13.0. The van der Waals surface area contributed by atoms with Crippen LogP contribution in [0.5, 0.6) is 0 Å². The third kappa shape index (κ3) is 3.29. The van der Waals surface area contributed by atoms with Gasteiger partial charge in [-0.25, -0.2) is 9.67 Å². The first-order valence-corrected chi connectivity index (χ1v) is 8.29. The number of amides is 1. The lowest BCUT2D eigenvalue weighted by molar-refractivity contribution is 0.0992. The van der Waals surface area contributed by atoms with Crippen LogP contribution in [0.3, 0.4) is 0 Å². The number of carbonyl (C=O) groups excluding carboxylic acids is 1. The van der Waals surface area contributed by atoms with Crippen molar-refractivity contribution < 1.29 is 9.21 Å². The molecule has 122 valence electrons. The van der Waals surface area contributed by atoms with Crippen LogP contribution in [-0.4, -0.2) is 33.8 Å². The number of anilines is 1. The predicted octanol–water partition coefficient (Wildman–Crippen LogP) is 2.00. The number of nitrogens with zero attached hydrogens (tertiary/aromatic N) is 3. The maximum absolute atomic E-state index is 12.4. The lowest BCUT2D eigenvalue weighted by Gasteiger charge is -2.19. The minimum Gasteiger partial charge on any atom is -0.435 e. The molecule has 0 aromatic carbocycles. The van der Waals surface area contributed by atoms with Gasteiger partial charge in [-0.2, -0.15) is 5.10 Å². The van der Waals surface area contributed by atoms with Crippen LogP contribution >= 0.6 is 0 Å². The fourth-order valence-corrected chi connectivity index (χ4v) is 2.96. The normalized spacial score (nSPS) is 19.0. The first-order chi connectivity index (χ1) is 11.3. The molecule has 1 aliphatic carbocycles. The molecular formula is C16H21N5O2. The molecule has 1 aliphatic heterocycles. The molecule has 1 saturated heterocycles. The first kappa shape index (κ1) is 14.4. The maximum atomic E-state index is 12.4. The van der Waals surface area contributed by atoms with Crippen molar-refractivity contribution in [3.05, 3.63) is 30.1 Å². The summed E-state index contributed by atoms with van der Waals surface area (Å²) in [5.41, 5.74) is 0. The van der Waals surface area contributed by atoms with Crippen molar-refractivity contribution in [2.24, 2.45) is 5.92 Å². The number of nitrogens with one attached hydrogen (secondary N) is 2. The Kier molecular flexibility index (Phi) is 3.87. The minimum atomic E-state index is -0.268. The zero-order valence-corrected chi connectivity index (χ0v) is 13.0. The van der Waals surface area contributed by atoms with Gasteiger partial charge in [0.25, 0.3) is 5.91 Å². The second-order valence-electron chi connectivity index (χ2n) is 6.38. The summed E-state index contributed by atoms with van der Waals surface area (Å²) < 4.78 is 7.53. The van der Waals surface area contributed by atoms with Gasteiger partial charge in [-0.05, 0) is 44.7 Å². The van der Waals surface area contributed by atoms with Crippen molar-refractivity contribution >= 4 is 11.7 Å². The highest BCUT2D eigenvalue weighted by atomic mass is 16.4. The average Bonchev–Trinajstić information content (AvgIpc) is 3.08. The topological polar surface area (TPSA) is 85.0 Å². The van der Waals surface area contributed by atoms with Crippen molar-refractivity contribution in [3.63, 3.8) is 0 Å². The third-order valence-electron chi connectivity index (χ3n) is 4.52. The van der Waals surface area contributed by atoms with Crippen LogP contribution < -0.4 is 10.6 Å². The minimum absolute atomic E-state index is 0.262. The van der Waals surface area contributed by atoms with Gasteiger partial charge < -0.3 is 15.1 Å². The van der Waals surface area contributed by atoms with Crippen LogP contribution in [0.2, 0.25) is 0 Å². The standard InChI is InChI=1S/C16H21N5O2/c22-15(20-14-5-8-19-21(14)10-11-1-2-11)13-9-18-16(23-13)12-3-6-17-7-4-12/h5,8-9,11-12,17H,1-4,6-7,10H2,(H,20,22). The number of piperidine rings is 1. The summed E-state index contributed by atoms with van der Waals surface area (Å²) in [4.78, 5) is 16.7. The molecule has 1 amide bonds. The molecule has 2 N–H and O–H groups in total. The fraction of sp³-hybridized carbons (Fsp3) is 0.562. The van der Waals surface area contributed by atoms with E-state index in [0.717, 1.165) is 32.5 Å². The first-order valence-electron chi connectivity index (χ1n) is 8.29. The number of carbonyl (C=O) groups is 1. The van der Waals surface area contributed by atoms with E-state index >= 15 is 0 Å². The Morgan fingerprint density at radius 1 is 1.35 bits per heavy atom. The molecule has 2 aromatic heterocycles. The highest BCUT2D eigenvalue weighted by Crippen LogP contribution is 2.31. The van der Waals surface area contributed by atoms with Gasteiger partial charge in [-0.3, -0.25) is 4.79 Å². The van der Waals surface area contributed by atoms with Gasteiger partial charge >= 0.3 is 0 Å². The molecule has 1 saturated carbocycles. The molecule has 7 heteroatoms. The van der Waals surface area contributed by atoms with Gasteiger partial charge in [0.05, 0.1) is 12.4 Å². The molecule has 0 atom stereocenters. The van der Waals surface area contributed by atoms with E-state index in [9.17, 15) is 4.79 Å². The van der Waals surface area contributed by atoms with Crippen molar-refractivity contribution in [1.29, 1.82) is 0 Å². The van der Waals surface area contributed by atoms with Gasteiger partial charge in [0.1, 0.15) is 5.82 Å². The Morgan fingerprint density at radius 2 is 2.17 bits per heavy atom. The zero-order chi connectivity index (χ0) is 15.6. The Bertz CT molecular complexity index is 682. The molecule has 0 radical (unpaired) electrons. The lowest BCUT2D eigenvalue weighted by atomic mass is 9.98. The van der Waals surface area contributed by atoms with Crippen LogP contribution in [0.4, 0.5) is 5.82 Å². The molecule has 7 nitrogen and oxygen atoms in total. The summed E-state index contributed by atoms with van der Waals surface area (Å²) in [6.45, 7) is 2.79. The van der Waals surface area contributed by atoms with Crippen LogP contribution in [0, 0.1) is 5.92 Å². The van der Waals surface area contributed by atoms with Gasteiger partial charge in [-0.1, -0.05) is 0 Å². The van der Waals surface area contributed by atoms with Gasteiger partial charge in [0.15, 0.2) is 5.89 Å². The SMILES string of the molecule is O=C(Nc1ccnn1CC1CC1)c1cnc(C2CCNCC2)o1. The van der Waals surface area contributed by atoms with E-state index in [-0.39, 0.29) is 11.7 Å². The molecule has 2 fully saturated rings. The van der Waals surface area contributed by atoms with E-state index in [4.69, 9.17) is 4.42 Å². The molecule has 3 heterocycles. The van der Waals surface area contributed by atoms with E-state index in [1.165, 1.54) is 19.0 Å². The second kappa shape index (κ2) is 6.16. The summed E-state index contributed by atoms with van der Waals surface area (Å²) in [6.07, 6.45) is 7.71. The second-order valence-corrected chi connectivity index (χ2v) is 6.38. The van der Waals surface area contributed by atoms with E-state index in [2.05, 4.69) is 20.7 Å². The largest absolute Gasteiger partial charge is 0.435 e. The molecule has 4 rings (SSSR count). The van der Waals surface area contributed by atoms with Crippen molar-refractivity contribution in [3.8, 4) is 0 Å². The fourth-order valence-electron chi connectivity index (χ4n) is 2.96. The summed E-state index contributed by atoms with van der Waals surface area (Å²) in [5, 5.41) is 10.5. The number of rotatable bonds is 5.